The topological polar surface area (TPSA) is 172 Å². The highest BCUT2D eigenvalue weighted by Crippen LogP contribution is 2.41. The average Bonchev–Trinajstić information content (AvgIpc) is 2.83. The lowest BCUT2D eigenvalue weighted by Crippen LogP contribution is -1.99. The first kappa shape index (κ1) is 25.1. The number of rotatable bonds is 8. The molecule has 176 valence electrons. The molecule has 0 saturated carbocycles. The number of methoxy groups -OCH3 is 1. The zero-order valence-electron chi connectivity index (χ0n) is 17.7. The van der Waals surface area contributed by atoms with E-state index in [9.17, 15) is 35.6 Å². The number of ether oxygens (including phenoxy) is 2. The normalized spacial score (nSPS) is 10.8. The van der Waals surface area contributed by atoms with Gasteiger partial charge in [-0.1, -0.05) is 0 Å². The third-order valence-electron chi connectivity index (χ3n) is 4.63. The predicted molar refractivity (Wildman–Crippen MR) is 132 cm³/mol. The van der Waals surface area contributed by atoms with Gasteiger partial charge in [-0.3, -0.25) is 30.3 Å². The van der Waals surface area contributed by atoms with Crippen molar-refractivity contribution in [2.24, 2.45) is 0 Å². The Morgan fingerprint density at radius 2 is 1.54 bits per heavy atom. The molecule has 3 aromatic rings. The van der Waals surface area contributed by atoms with Gasteiger partial charge in [0.25, 0.3) is 11.4 Å². The van der Waals surface area contributed by atoms with E-state index in [1.807, 2.05) is 28.7 Å². The van der Waals surface area contributed by atoms with E-state index in [1.165, 1.54) is 37.4 Å². The largest absolute Gasteiger partial charge is 0.493 e. The summed E-state index contributed by atoms with van der Waals surface area (Å²) in [7, 11) is 1.36. The molecular weight excluding hydrogens is 575 g/mol. The van der Waals surface area contributed by atoms with Gasteiger partial charge in [-0.05, 0) is 70.1 Å². The van der Waals surface area contributed by atoms with Crippen molar-refractivity contribution in [2.75, 3.05) is 7.11 Å². The highest BCUT2D eigenvalue weighted by Gasteiger charge is 2.23. The number of nitrogens with zero attached hydrogens (tertiary/aromatic N) is 4. The Hall–Kier alpha value is -4.58. The van der Waals surface area contributed by atoms with E-state index in [0.29, 0.717) is 14.7 Å². The average molecular weight is 588 g/mol. The van der Waals surface area contributed by atoms with E-state index in [-0.39, 0.29) is 28.5 Å². The van der Waals surface area contributed by atoms with Gasteiger partial charge in [0.2, 0.25) is 5.75 Å². The third kappa shape index (κ3) is 5.68. The van der Waals surface area contributed by atoms with Crippen LogP contribution in [0.3, 0.4) is 0 Å². The summed E-state index contributed by atoms with van der Waals surface area (Å²) in [4.78, 5) is 31.2. The summed E-state index contributed by atoms with van der Waals surface area (Å²) >= 11 is 1.92. The van der Waals surface area contributed by atoms with Crippen molar-refractivity contribution in [2.45, 2.75) is 0 Å². The van der Waals surface area contributed by atoms with Gasteiger partial charge in [0, 0.05) is 18.2 Å². The molecule has 0 aliphatic rings. The number of allylic oxidation sites excluding steroid dienone is 1. The molecule has 0 saturated heterocycles. The lowest BCUT2D eigenvalue weighted by atomic mass is 10.0. The number of nitriles is 1. The summed E-state index contributed by atoms with van der Waals surface area (Å²) in [6.07, 6.45) is 1.55. The van der Waals surface area contributed by atoms with Crippen LogP contribution in [0.15, 0.2) is 54.6 Å². The van der Waals surface area contributed by atoms with Gasteiger partial charge >= 0.3 is 5.69 Å². The zero-order valence-corrected chi connectivity index (χ0v) is 19.9. The van der Waals surface area contributed by atoms with Gasteiger partial charge in [0.05, 0.1) is 43.2 Å². The summed E-state index contributed by atoms with van der Waals surface area (Å²) in [5.41, 5.74) is 0.0783. The van der Waals surface area contributed by atoms with Gasteiger partial charge in [-0.25, -0.2) is 0 Å². The van der Waals surface area contributed by atoms with Gasteiger partial charge in [0.1, 0.15) is 0 Å². The molecule has 0 fully saturated rings. The molecule has 0 aliphatic carbocycles. The molecule has 0 aromatic heterocycles. The van der Waals surface area contributed by atoms with E-state index in [2.05, 4.69) is 0 Å². The molecule has 0 atom stereocenters. The molecule has 0 heterocycles. The van der Waals surface area contributed by atoms with Crippen LogP contribution in [0.4, 0.5) is 17.1 Å². The van der Waals surface area contributed by atoms with Crippen LogP contribution in [-0.2, 0) is 0 Å². The number of nitro groups is 3. The van der Waals surface area contributed by atoms with E-state index in [1.54, 1.807) is 12.1 Å². The number of benzene rings is 3. The minimum absolute atomic E-state index is 0.107. The Labute approximate surface area is 210 Å². The Balaban J connectivity index is 2.01. The number of non-ortho nitro benzene ring substituents is 2. The van der Waals surface area contributed by atoms with Crippen LogP contribution in [0.2, 0.25) is 0 Å². The quantitative estimate of drug-likeness (QED) is 0.102. The van der Waals surface area contributed by atoms with Crippen LogP contribution in [-0.4, -0.2) is 21.9 Å². The first-order valence-electron chi connectivity index (χ1n) is 9.49. The summed E-state index contributed by atoms with van der Waals surface area (Å²) in [5, 5.41) is 42.8. The van der Waals surface area contributed by atoms with Crippen molar-refractivity contribution in [1.29, 1.82) is 5.26 Å². The van der Waals surface area contributed by atoms with Crippen LogP contribution < -0.4 is 9.47 Å². The maximum atomic E-state index is 11.4. The summed E-state index contributed by atoms with van der Waals surface area (Å²) in [6.45, 7) is 0. The SMILES string of the molecule is COc1cc(/C=C(\C#N)c2ccc([N+](=O)[O-])cc2)cc(I)c1Oc1ccc([N+](=O)[O-])cc1[N+](=O)[O-]. The standard InChI is InChI=1S/C22H13IN4O8/c1-34-21-10-13(8-15(12-24)14-2-4-16(5-3-14)25(28)29)9-18(23)22(21)35-20-7-6-17(26(30)31)11-19(20)27(32)33/h2-11H,1H3/b15-8+. The molecule has 0 spiro atoms. The lowest BCUT2D eigenvalue weighted by Gasteiger charge is -2.13. The number of hydrogen-bond donors (Lipinski definition) is 0. The molecule has 13 heteroatoms. The second kappa shape index (κ2) is 10.6. The van der Waals surface area contributed by atoms with Crippen molar-refractivity contribution >= 4 is 51.3 Å². The van der Waals surface area contributed by atoms with Crippen LogP contribution in [0.25, 0.3) is 11.6 Å². The molecular formula is C22H13IN4O8. The fourth-order valence-corrected chi connectivity index (χ4v) is 3.73. The van der Waals surface area contributed by atoms with Crippen molar-refractivity contribution in [3.63, 3.8) is 0 Å². The van der Waals surface area contributed by atoms with E-state index >= 15 is 0 Å². The van der Waals surface area contributed by atoms with Gasteiger partial charge in [-0.2, -0.15) is 5.26 Å². The Morgan fingerprint density at radius 1 is 0.914 bits per heavy atom. The van der Waals surface area contributed by atoms with Crippen molar-refractivity contribution < 1.29 is 24.2 Å². The fraction of sp³-hybridized carbons (Fsp3) is 0.0455. The maximum absolute atomic E-state index is 11.4. The highest BCUT2D eigenvalue weighted by atomic mass is 127. The minimum atomic E-state index is -0.790. The van der Waals surface area contributed by atoms with Crippen LogP contribution >= 0.6 is 22.6 Å². The second-order valence-corrected chi connectivity index (χ2v) is 7.94. The molecule has 3 aromatic carbocycles. The van der Waals surface area contributed by atoms with Crippen molar-refractivity contribution in [3.05, 3.63) is 99.6 Å². The first-order valence-corrected chi connectivity index (χ1v) is 10.6. The Morgan fingerprint density at radius 3 is 2.09 bits per heavy atom. The van der Waals surface area contributed by atoms with Gasteiger partial charge in [-0.15, -0.1) is 0 Å². The van der Waals surface area contributed by atoms with Gasteiger partial charge < -0.3 is 9.47 Å². The number of hydrogen-bond acceptors (Lipinski definition) is 9. The van der Waals surface area contributed by atoms with Crippen molar-refractivity contribution in [3.8, 4) is 23.3 Å². The molecule has 0 unspecified atom stereocenters. The first-order chi connectivity index (χ1) is 16.6. The van der Waals surface area contributed by atoms with E-state index in [0.717, 1.165) is 18.2 Å². The molecule has 3 rings (SSSR count). The molecule has 12 nitrogen and oxygen atoms in total. The highest BCUT2D eigenvalue weighted by molar-refractivity contribution is 14.1. The number of halogens is 1. The number of nitro benzene ring substituents is 3. The van der Waals surface area contributed by atoms with Crippen LogP contribution in [0.1, 0.15) is 11.1 Å². The smallest absolute Gasteiger partial charge is 0.318 e. The second-order valence-electron chi connectivity index (χ2n) is 6.78. The monoisotopic (exact) mass is 588 g/mol. The zero-order chi connectivity index (χ0) is 25.7. The molecule has 0 bridgehead atoms. The summed E-state index contributed by atoms with van der Waals surface area (Å²) in [5.74, 6) is 0.108. The summed E-state index contributed by atoms with van der Waals surface area (Å²) < 4.78 is 11.6. The Bertz CT molecular complexity index is 1410. The Kier molecular flexibility index (Phi) is 7.56. The van der Waals surface area contributed by atoms with E-state index in [4.69, 9.17) is 9.47 Å². The molecule has 0 amide bonds. The summed E-state index contributed by atoms with van der Waals surface area (Å²) in [6, 6.07) is 13.7. The third-order valence-corrected chi connectivity index (χ3v) is 5.44. The molecule has 35 heavy (non-hydrogen) atoms. The van der Waals surface area contributed by atoms with E-state index < -0.39 is 26.1 Å². The molecule has 0 radical (unpaired) electrons. The van der Waals surface area contributed by atoms with Crippen LogP contribution in [0.5, 0.6) is 17.2 Å². The fourth-order valence-electron chi connectivity index (χ4n) is 2.99. The molecule has 0 N–H and O–H groups in total. The predicted octanol–water partition coefficient (Wildman–Crippen LogP) is 5.88. The molecule has 0 aliphatic heterocycles. The lowest BCUT2D eigenvalue weighted by molar-refractivity contribution is -0.394. The van der Waals surface area contributed by atoms with Crippen LogP contribution in [0, 0.1) is 45.2 Å². The van der Waals surface area contributed by atoms with Crippen molar-refractivity contribution in [1.82, 2.24) is 0 Å². The minimum Gasteiger partial charge on any atom is -0.493 e. The maximum Gasteiger partial charge on any atom is 0.318 e. The van der Waals surface area contributed by atoms with Gasteiger partial charge in [0.15, 0.2) is 11.5 Å².